The monoisotopic (exact) mass is 430 g/mol. The van der Waals surface area contributed by atoms with Crippen LogP contribution in [0, 0.1) is 17.8 Å². The lowest BCUT2D eigenvalue weighted by Crippen LogP contribution is -2.26. The fraction of sp³-hybridized carbons (Fsp3) is 0.560. The fourth-order valence-electron chi connectivity index (χ4n) is 3.27. The van der Waals surface area contributed by atoms with Crippen LogP contribution < -0.4 is 4.74 Å². The zero-order valence-corrected chi connectivity index (χ0v) is 19.7. The summed E-state index contributed by atoms with van der Waals surface area (Å²) in [5.41, 5.74) is 2.05. The summed E-state index contributed by atoms with van der Waals surface area (Å²) in [6, 6.07) is 7.22. The molecule has 2 rings (SSSR count). The summed E-state index contributed by atoms with van der Waals surface area (Å²) in [6.45, 7) is 10.8. The highest BCUT2D eigenvalue weighted by molar-refractivity contribution is 6.30. The molecule has 0 saturated heterocycles. The molecule has 4 nitrogen and oxygen atoms in total. The number of carbonyl (C=O) groups excluding carboxylic acids is 1. The van der Waals surface area contributed by atoms with E-state index >= 15 is 0 Å². The molecule has 1 aromatic heterocycles. The average Bonchev–Trinajstić information content (AvgIpc) is 2.73. The average molecular weight is 431 g/mol. The summed E-state index contributed by atoms with van der Waals surface area (Å²) in [7, 11) is 0. The van der Waals surface area contributed by atoms with Gasteiger partial charge in [0.1, 0.15) is 11.1 Å². The maximum Gasteiger partial charge on any atom is 0.329 e. The van der Waals surface area contributed by atoms with Crippen LogP contribution in [-0.2, 0) is 11.2 Å². The van der Waals surface area contributed by atoms with E-state index in [9.17, 15) is 4.79 Å². The van der Waals surface area contributed by atoms with Gasteiger partial charge in [0.2, 0.25) is 0 Å². The molecule has 1 unspecified atom stereocenters. The Morgan fingerprint density at radius 3 is 2.23 bits per heavy atom. The molecule has 30 heavy (non-hydrogen) atoms. The van der Waals surface area contributed by atoms with Gasteiger partial charge in [-0.3, -0.25) is 4.79 Å². The van der Waals surface area contributed by atoms with Crippen molar-refractivity contribution in [3.63, 3.8) is 0 Å². The number of hydrogen-bond acceptors (Lipinski definition) is 4. The normalized spacial score (nSPS) is 14.4. The molecule has 0 bridgehead atoms. The minimum Gasteiger partial charge on any atom is -0.425 e. The highest BCUT2D eigenvalue weighted by atomic mass is 35.5. The summed E-state index contributed by atoms with van der Waals surface area (Å²) in [5, 5.41) is -0.640. The number of esters is 1. The van der Waals surface area contributed by atoms with E-state index in [1.807, 2.05) is 38.4 Å². The lowest BCUT2D eigenvalue weighted by atomic mass is 9.95. The van der Waals surface area contributed by atoms with Gasteiger partial charge in [0.25, 0.3) is 0 Å². The van der Waals surface area contributed by atoms with Crippen molar-refractivity contribution in [3.8, 4) is 17.1 Å². The molecular formula is C25H35ClN2O2. The number of halogens is 1. The van der Waals surface area contributed by atoms with Crippen LogP contribution in [-0.4, -0.2) is 21.3 Å². The molecule has 3 atom stereocenters. The Balaban J connectivity index is 1.91. The number of aromatic nitrogens is 2. The van der Waals surface area contributed by atoms with Gasteiger partial charge in [-0.05, 0) is 54.0 Å². The highest BCUT2D eigenvalue weighted by Gasteiger charge is 2.23. The molecule has 5 heteroatoms. The molecule has 0 amide bonds. The van der Waals surface area contributed by atoms with Gasteiger partial charge in [-0.1, -0.05) is 60.3 Å². The molecular weight excluding hydrogens is 396 g/mol. The van der Waals surface area contributed by atoms with Crippen LogP contribution in [0.2, 0.25) is 0 Å². The molecule has 0 N–H and O–H groups in total. The molecule has 1 heterocycles. The fourth-order valence-corrected chi connectivity index (χ4v) is 3.49. The number of rotatable bonds is 11. The molecule has 1 aromatic carbocycles. The summed E-state index contributed by atoms with van der Waals surface area (Å²) in [6.07, 6.45) is 9.46. The molecule has 2 aromatic rings. The molecule has 0 aliphatic heterocycles. The number of hydrogen-bond donors (Lipinski definition) is 0. The second-order valence-electron chi connectivity index (χ2n) is 8.78. The van der Waals surface area contributed by atoms with Crippen molar-refractivity contribution in [2.45, 2.75) is 72.1 Å². The highest BCUT2D eigenvalue weighted by Crippen LogP contribution is 2.22. The van der Waals surface area contributed by atoms with Crippen LogP contribution in [0.5, 0.6) is 5.75 Å². The Morgan fingerprint density at radius 1 is 1.03 bits per heavy atom. The van der Waals surface area contributed by atoms with Crippen LogP contribution in [0.3, 0.4) is 0 Å². The van der Waals surface area contributed by atoms with Gasteiger partial charge in [-0.15, -0.1) is 11.6 Å². The van der Waals surface area contributed by atoms with Crippen LogP contribution in [0.4, 0.5) is 0 Å². The van der Waals surface area contributed by atoms with E-state index in [0.29, 0.717) is 17.5 Å². The Hall–Kier alpha value is -1.94. The maximum absolute atomic E-state index is 12.1. The molecule has 0 aliphatic carbocycles. The molecule has 164 valence electrons. The van der Waals surface area contributed by atoms with E-state index in [0.717, 1.165) is 24.3 Å². The third kappa shape index (κ3) is 7.71. The van der Waals surface area contributed by atoms with Crippen LogP contribution in [0.15, 0.2) is 36.7 Å². The first kappa shape index (κ1) is 24.3. The van der Waals surface area contributed by atoms with Crippen molar-refractivity contribution >= 4 is 17.6 Å². The van der Waals surface area contributed by atoms with Gasteiger partial charge in [0.15, 0.2) is 5.82 Å². The topological polar surface area (TPSA) is 52.1 Å². The number of ether oxygens (including phenoxy) is 1. The van der Waals surface area contributed by atoms with E-state index < -0.39 is 11.3 Å². The van der Waals surface area contributed by atoms with Gasteiger partial charge in [0, 0.05) is 18.0 Å². The zero-order chi connectivity index (χ0) is 22.1. The van der Waals surface area contributed by atoms with Crippen molar-refractivity contribution in [2.24, 2.45) is 17.8 Å². The van der Waals surface area contributed by atoms with Gasteiger partial charge < -0.3 is 4.74 Å². The van der Waals surface area contributed by atoms with Gasteiger partial charge in [-0.25, -0.2) is 9.97 Å². The van der Waals surface area contributed by atoms with Gasteiger partial charge in [0.05, 0.1) is 0 Å². The van der Waals surface area contributed by atoms with E-state index in [4.69, 9.17) is 16.3 Å². The third-order valence-electron chi connectivity index (χ3n) is 5.47. The Bertz CT molecular complexity index is 775. The Kier molecular flexibility index (Phi) is 9.77. The molecule has 0 spiro atoms. The van der Waals surface area contributed by atoms with Gasteiger partial charge in [-0.2, -0.15) is 0 Å². The number of benzene rings is 1. The zero-order valence-electron chi connectivity index (χ0n) is 18.9. The maximum atomic E-state index is 12.1. The number of alkyl halides is 1. The summed E-state index contributed by atoms with van der Waals surface area (Å²) < 4.78 is 5.39. The van der Waals surface area contributed by atoms with Crippen molar-refractivity contribution in [3.05, 3.63) is 42.2 Å². The number of carbonyl (C=O) groups is 1. The third-order valence-corrected chi connectivity index (χ3v) is 6.08. The Labute approximate surface area is 186 Å². The summed E-state index contributed by atoms with van der Waals surface area (Å²) in [5.74, 6) is 2.20. The van der Waals surface area contributed by atoms with Crippen LogP contribution >= 0.6 is 11.6 Å². The van der Waals surface area contributed by atoms with Crippen molar-refractivity contribution in [1.82, 2.24) is 9.97 Å². The first-order valence-electron chi connectivity index (χ1n) is 11.1. The largest absolute Gasteiger partial charge is 0.425 e. The van der Waals surface area contributed by atoms with Crippen molar-refractivity contribution in [2.75, 3.05) is 0 Å². The minimum absolute atomic E-state index is 0.0725. The van der Waals surface area contributed by atoms with Crippen molar-refractivity contribution < 1.29 is 9.53 Å². The lowest BCUT2D eigenvalue weighted by molar-refractivity contribution is -0.134. The Morgan fingerprint density at radius 2 is 1.67 bits per heavy atom. The standard InChI is InChI=1S/C25H35ClN2O2/c1-6-19(5)23(26)25(29)30-22-12-10-21(11-13-22)24-27-15-20(16-28-24)14-18(4)9-7-8-17(2)3/h10-13,15-19,23H,6-9,14H2,1-5H3/t18?,19-,23-/m0/s1. The smallest absolute Gasteiger partial charge is 0.329 e. The second kappa shape index (κ2) is 12.0. The molecule has 0 saturated carbocycles. The van der Waals surface area contributed by atoms with E-state index in [1.165, 1.54) is 24.8 Å². The lowest BCUT2D eigenvalue weighted by Gasteiger charge is -2.15. The second-order valence-corrected chi connectivity index (χ2v) is 9.25. The number of nitrogens with zero attached hydrogens (tertiary/aromatic N) is 2. The van der Waals surface area contributed by atoms with E-state index in [1.54, 1.807) is 12.1 Å². The van der Waals surface area contributed by atoms with Crippen molar-refractivity contribution in [1.29, 1.82) is 0 Å². The van der Waals surface area contributed by atoms with Gasteiger partial charge >= 0.3 is 5.97 Å². The summed E-state index contributed by atoms with van der Waals surface area (Å²) in [4.78, 5) is 21.2. The molecule has 0 aliphatic rings. The van der Waals surface area contributed by atoms with Crippen LogP contribution in [0.1, 0.15) is 65.9 Å². The SMILES string of the molecule is CC[C@H](C)[C@H](Cl)C(=O)Oc1ccc(-c2ncc(CC(C)CCCC(C)C)cn2)cc1. The molecule has 0 radical (unpaired) electrons. The quantitative estimate of drug-likeness (QED) is 0.226. The van der Waals surface area contributed by atoms with Crippen LogP contribution in [0.25, 0.3) is 11.4 Å². The predicted octanol–water partition coefficient (Wildman–Crippen LogP) is 6.71. The first-order valence-corrected chi connectivity index (χ1v) is 11.5. The van der Waals surface area contributed by atoms with E-state index in [-0.39, 0.29) is 5.92 Å². The van der Waals surface area contributed by atoms with E-state index in [2.05, 4.69) is 30.7 Å². The summed E-state index contributed by atoms with van der Waals surface area (Å²) >= 11 is 6.16. The molecule has 0 fully saturated rings. The predicted molar refractivity (Wildman–Crippen MR) is 124 cm³/mol. The minimum atomic E-state index is -0.640. The first-order chi connectivity index (χ1) is 14.3.